The van der Waals surface area contributed by atoms with Gasteiger partial charge in [0, 0.05) is 6.42 Å². The number of ether oxygens (including phenoxy) is 2. The number of esters is 2. The largest absolute Gasteiger partial charge is 0.462 e. The van der Waals surface area contributed by atoms with Crippen LogP contribution < -0.4 is 0 Å². The summed E-state index contributed by atoms with van der Waals surface area (Å²) in [5, 5.41) is 9.60. The number of hydrogen-bond acceptors (Lipinski definition) is 5. The second-order valence-corrected chi connectivity index (χ2v) is 20.1. The quantitative estimate of drug-likeness (QED) is 0.0373. The van der Waals surface area contributed by atoms with Gasteiger partial charge in [-0.25, -0.2) is 0 Å². The van der Waals surface area contributed by atoms with Crippen LogP contribution in [0.25, 0.3) is 0 Å². The monoisotopic (exact) mass is 975 g/mol. The third-order valence-corrected chi connectivity index (χ3v) is 13.2. The summed E-state index contributed by atoms with van der Waals surface area (Å²) >= 11 is 0. The highest BCUT2D eigenvalue weighted by Gasteiger charge is 2.15. The lowest BCUT2D eigenvalue weighted by molar-refractivity contribution is -0.160. The Balaban J connectivity index is 3.41. The molecule has 0 spiro atoms. The van der Waals surface area contributed by atoms with Crippen LogP contribution in [0.1, 0.15) is 296 Å². The van der Waals surface area contributed by atoms with Gasteiger partial charge in [0.15, 0.2) is 6.10 Å². The zero-order chi connectivity index (χ0) is 50.6. The predicted molar refractivity (Wildman–Crippen MR) is 306 cm³/mol. The van der Waals surface area contributed by atoms with Gasteiger partial charge in [0.25, 0.3) is 0 Å². The van der Waals surface area contributed by atoms with E-state index in [0.717, 1.165) is 57.8 Å². The van der Waals surface area contributed by atoms with Crippen molar-refractivity contribution in [3.63, 3.8) is 0 Å². The first kappa shape index (κ1) is 67.1. The highest BCUT2D eigenvalue weighted by molar-refractivity contribution is 5.71. The summed E-state index contributed by atoms with van der Waals surface area (Å²) in [6.07, 6.45) is 84.9. The Morgan fingerprint density at radius 3 is 1.00 bits per heavy atom. The second-order valence-electron chi connectivity index (χ2n) is 20.1. The van der Waals surface area contributed by atoms with Crippen molar-refractivity contribution >= 4 is 11.9 Å². The first-order chi connectivity index (χ1) is 34.6. The molecular formula is C65H114O5. The third-order valence-electron chi connectivity index (χ3n) is 13.2. The van der Waals surface area contributed by atoms with Gasteiger partial charge < -0.3 is 14.6 Å². The summed E-state index contributed by atoms with van der Waals surface area (Å²) < 4.78 is 10.6. The number of aliphatic hydroxyl groups is 1. The summed E-state index contributed by atoms with van der Waals surface area (Å²) in [4.78, 5) is 24.4. The Morgan fingerprint density at radius 2 is 0.657 bits per heavy atom. The maximum absolute atomic E-state index is 12.2. The fourth-order valence-electron chi connectivity index (χ4n) is 8.72. The topological polar surface area (TPSA) is 72.8 Å². The van der Waals surface area contributed by atoms with Crippen molar-refractivity contribution in [2.45, 2.75) is 302 Å². The molecule has 0 aromatic carbocycles. The molecule has 0 amide bonds. The van der Waals surface area contributed by atoms with Crippen molar-refractivity contribution in [1.29, 1.82) is 0 Å². The predicted octanol–water partition coefficient (Wildman–Crippen LogP) is 20.5. The van der Waals surface area contributed by atoms with E-state index in [1.165, 1.54) is 212 Å². The summed E-state index contributed by atoms with van der Waals surface area (Å²) in [5.41, 5.74) is 0. The Bertz CT molecular complexity index is 1290. The van der Waals surface area contributed by atoms with Crippen LogP contribution in [0.5, 0.6) is 0 Å². The maximum Gasteiger partial charge on any atom is 0.310 e. The Hall–Kier alpha value is -2.92. The smallest absolute Gasteiger partial charge is 0.310 e. The van der Waals surface area contributed by atoms with E-state index < -0.39 is 12.1 Å². The molecule has 0 fully saturated rings. The molecule has 0 saturated heterocycles. The summed E-state index contributed by atoms with van der Waals surface area (Å²) in [6.45, 7) is 3.95. The number of carbonyl (C=O) groups excluding carboxylic acids is 2. The lowest BCUT2D eigenvalue weighted by Gasteiger charge is -2.15. The zero-order valence-corrected chi connectivity index (χ0v) is 46.3. The van der Waals surface area contributed by atoms with Gasteiger partial charge in [-0.2, -0.15) is 0 Å². The van der Waals surface area contributed by atoms with E-state index in [4.69, 9.17) is 9.47 Å². The highest BCUT2D eigenvalue weighted by atomic mass is 16.6. The third kappa shape index (κ3) is 57.7. The molecule has 70 heavy (non-hydrogen) atoms. The lowest BCUT2D eigenvalue weighted by atomic mass is 10.0. The Morgan fingerprint density at radius 1 is 0.357 bits per heavy atom. The van der Waals surface area contributed by atoms with Crippen LogP contribution in [0.4, 0.5) is 0 Å². The fourth-order valence-corrected chi connectivity index (χ4v) is 8.72. The normalized spacial score (nSPS) is 12.8. The molecular weight excluding hydrogens is 861 g/mol. The van der Waals surface area contributed by atoms with Crippen LogP contribution >= 0.6 is 0 Å². The molecule has 0 bridgehead atoms. The van der Waals surface area contributed by atoms with Crippen LogP contribution in [0.15, 0.2) is 85.1 Å². The number of carbonyl (C=O) groups is 2. The van der Waals surface area contributed by atoms with Gasteiger partial charge in [0.2, 0.25) is 0 Å². The maximum atomic E-state index is 12.2. The molecule has 1 N–H and O–H groups in total. The number of rotatable bonds is 55. The molecule has 0 aromatic heterocycles. The van der Waals surface area contributed by atoms with E-state index >= 15 is 0 Å². The van der Waals surface area contributed by atoms with Gasteiger partial charge in [-0.3, -0.25) is 9.59 Å². The van der Waals surface area contributed by atoms with Gasteiger partial charge in [0.05, 0.1) is 13.0 Å². The molecule has 0 aliphatic carbocycles. The van der Waals surface area contributed by atoms with Crippen molar-refractivity contribution < 1.29 is 24.2 Å². The molecule has 0 saturated carbocycles. The lowest BCUT2D eigenvalue weighted by Crippen LogP contribution is -2.28. The minimum atomic E-state index is -0.829. The molecule has 5 heteroatoms. The molecule has 0 heterocycles. The summed E-state index contributed by atoms with van der Waals surface area (Å²) in [7, 11) is 0. The number of aliphatic hydroxyl groups excluding tert-OH is 1. The van der Waals surface area contributed by atoms with Crippen molar-refractivity contribution in [3.8, 4) is 0 Å². The summed E-state index contributed by atoms with van der Waals surface area (Å²) in [6, 6.07) is 0. The first-order valence-electron chi connectivity index (χ1n) is 30.1. The van der Waals surface area contributed by atoms with Crippen molar-refractivity contribution in [2.24, 2.45) is 0 Å². The fraction of sp³-hybridized carbons (Fsp3) is 0.754. The van der Waals surface area contributed by atoms with Gasteiger partial charge >= 0.3 is 11.9 Å². The van der Waals surface area contributed by atoms with Crippen LogP contribution in [0.3, 0.4) is 0 Å². The SMILES string of the molecule is CC/C=C\C/C=C\C/C=C\C/C=C\C/C=C\CC(=O)OC(CO)COC(=O)CCCCCCCCCCCCCCCCCCCCCCCCCCCCCCC/C=C\C/C=C\CCCCCCC. The molecule has 0 aromatic rings. The van der Waals surface area contributed by atoms with Crippen LogP contribution in [-0.2, 0) is 19.1 Å². The van der Waals surface area contributed by atoms with Crippen molar-refractivity contribution in [3.05, 3.63) is 85.1 Å². The Kier molecular flexibility index (Phi) is 57.9. The first-order valence-corrected chi connectivity index (χ1v) is 30.1. The number of allylic oxidation sites excluding steroid dienone is 13. The molecule has 0 rings (SSSR count). The zero-order valence-electron chi connectivity index (χ0n) is 46.3. The average molecular weight is 976 g/mol. The minimum Gasteiger partial charge on any atom is -0.462 e. The Labute approximate surface area is 435 Å². The molecule has 1 atom stereocenters. The number of hydrogen-bond donors (Lipinski definition) is 1. The van der Waals surface area contributed by atoms with E-state index in [0.29, 0.717) is 6.42 Å². The summed E-state index contributed by atoms with van der Waals surface area (Å²) in [5.74, 6) is -0.732. The average Bonchev–Trinajstić information content (AvgIpc) is 3.36. The molecule has 0 aliphatic rings. The van der Waals surface area contributed by atoms with E-state index in [-0.39, 0.29) is 25.6 Å². The van der Waals surface area contributed by atoms with E-state index in [1.54, 1.807) is 6.08 Å². The molecule has 1 unspecified atom stereocenters. The standard InChI is InChI=1S/C65H114O5/c1-3-5-7-9-11-13-15-17-19-20-21-22-23-24-25-26-27-28-29-30-31-32-33-34-35-36-37-38-39-40-41-42-43-44-46-47-49-51-53-55-57-59-64(67)69-62-63(61-66)70-65(68)60-58-56-54-52-50-48-45-18-16-14-12-10-8-6-4-2/h6,8,12,14-15,17-18,20-21,45,50,52,56,58,63,66H,3-5,7,9-11,13,16,19,22-44,46-49,51,53-55,57,59-62H2,1-2H3/b8-6-,14-12-,17-15-,21-20-,45-18-,52-50-,58-56-. The second kappa shape index (κ2) is 60.4. The van der Waals surface area contributed by atoms with E-state index in [1.807, 2.05) is 6.08 Å². The van der Waals surface area contributed by atoms with Gasteiger partial charge in [-0.05, 0) is 70.6 Å². The van der Waals surface area contributed by atoms with Crippen LogP contribution in [0, 0.1) is 0 Å². The van der Waals surface area contributed by atoms with Crippen molar-refractivity contribution in [2.75, 3.05) is 13.2 Å². The highest BCUT2D eigenvalue weighted by Crippen LogP contribution is 2.17. The van der Waals surface area contributed by atoms with E-state index in [2.05, 4.69) is 86.8 Å². The molecule has 5 nitrogen and oxygen atoms in total. The molecule has 404 valence electrons. The van der Waals surface area contributed by atoms with Crippen LogP contribution in [0.2, 0.25) is 0 Å². The molecule has 0 aliphatic heterocycles. The van der Waals surface area contributed by atoms with E-state index in [9.17, 15) is 14.7 Å². The van der Waals surface area contributed by atoms with Gasteiger partial charge in [-0.1, -0.05) is 298 Å². The van der Waals surface area contributed by atoms with Gasteiger partial charge in [0.1, 0.15) is 6.61 Å². The van der Waals surface area contributed by atoms with Crippen molar-refractivity contribution in [1.82, 2.24) is 0 Å². The molecule has 0 radical (unpaired) electrons. The minimum absolute atomic E-state index is 0.106. The number of unbranched alkanes of at least 4 members (excludes halogenated alkanes) is 34. The van der Waals surface area contributed by atoms with Crippen LogP contribution in [-0.4, -0.2) is 36.4 Å². The van der Waals surface area contributed by atoms with Gasteiger partial charge in [-0.15, -0.1) is 0 Å².